The Kier molecular flexibility index (Phi) is 5.45. The van der Waals surface area contributed by atoms with Crippen molar-refractivity contribution in [2.75, 3.05) is 4.90 Å². The lowest BCUT2D eigenvalue weighted by molar-refractivity contribution is 0.439. The summed E-state index contributed by atoms with van der Waals surface area (Å²) in [5.74, 6) is 1.59. The summed E-state index contributed by atoms with van der Waals surface area (Å²) in [6.45, 7) is 4.13. The van der Waals surface area contributed by atoms with Gasteiger partial charge in [0.2, 0.25) is 0 Å². The highest BCUT2D eigenvalue weighted by Crippen LogP contribution is 2.43. The van der Waals surface area contributed by atoms with Crippen LogP contribution in [0.1, 0.15) is 34.7 Å². The van der Waals surface area contributed by atoms with Gasteiger partial charge in [-0.15, -0.1) is 0 Å². The first-order valence-corrected chi connectivity index (χ1v) is 11.2. The van der Waals surface area contributed by atoms with Crippen LogP contribution in [0, 0.1) is 13.8 Å². The highest BCUT2D eigenvalue weighted by atomic mass is 35.5. The number of anilines is 1. The number of hydrogen-bond donors (Lipinski definition) is 1. The maximum absolute atomic E-state index is 6.44. The van der Waals surface area contributed by atoms with E-state index in [-0.39, 0.29) is 12.1 Å². The van der Waals surface area contributed by atoms with E-state index in [2.05, 4.69) is 53.3 Å². The van der Waals surface area contributed by atoms with Gasteiger partial charge >= 0.3 is 0 Å². The van der Waals surface area contributed by atoms with Gasteiger partial charge in [-0.05, 0) is 80.2 Å². The van der Waals surface area contributed by atoms with Gasteiger partial charge in [-0.2, -0.15) is 0 Å². The van der Waals surface area contributed by atoms with E-state index < -0.39 is 0 Å². The van der Waals surface area contributed by atoms with Gasteiger partial charge in [0, 0.05) is 22.5 Å². The molecule has 32 heavy (non-hydrogen) atoms. The second kappa shape index (κ2) is 8.41. The summed E-state index contributed by atoms with van der Waals surface area (Å²) in [5.41, 5.74) is 5.20. The van der Waals surface area contributed by atoms with Crippen LogP contribution in [-0.2, 0) is 0 Å². The van der Waals surface area contributed by atoms with Crippen molar-refractivity contribution in [3.05, 3.63) is 107 Å². The van der Waals surface area contributed by atoms with Crippen molar-refractivity contribution in [1.29, 1.82) is 0 Å². The van der Waals surface area contributed by atoms with E-state index in [0.717, 1.165) is 34.0 Å². The number of furan rings is 1. The summed E-state index contributed by atoms with van der Waals surface area (Å²) >= 11 is 12.0. The Balaban J connectivity index is 1.61. The van der Waals surface area contributed by atoms with Crippen molar-refractivity contribution in [3.8, 4) is 11.3 Å². The Bertz CT molecular complexity index is 1270. The fraction of sp³-hybridized carbons (Fsp3) is 0.154. The standard InChI is InChI=1S/C26H22ClN3OS/c1-16-6-10-19(11-7-16)30-25(24(29-26(30)32)21-5-3-4-14-28-21)23-13-12-22(31-23)20-15-18(27)9-8-17(20)2/h3-15,24-25H,1-2H3,(H,29,32)/t24-,25-/m0/s1. The summed E-state index contributed by atoms with van der Waals surface area (Å²) in [4.78, 5) is 6.71. The smallest absolute Gasteiger partial charge is 0.174 e. The van der Waals surface area contributed by atoms with Crippen LogP contribution in [-0.4, -0.2) is 10.1 Å². The molecule has 4 nitrogen and oxygen atoms in total. The van der Waals surface area contributed by atoms with Gasteiger partial charge in [0.25, 0.3) is 0 Å². The normalized spacial score (nSPS) is 18.1. The Morgan fingerprint density at radius 3 is 2.56 bits per heavy atom. The van der Waals surface area contributed by atoms with Gasteiger partial charge in [0.1, 0.15) is 17.6 Å². The number of aryl methyl sites for hydroxylation is 2. The fourth-order valence-electron chi connectivity index (χ4n) is 4.14. The lowest BCUT2D eigenvalue weighted by Gasteiger charge is -2.26. The van der Waals surface area contributed by atoms with E-state index in [1.807, 2.05) is 48.5 Å². The molecule has 5 rings (SSSR count). The lowest BCUT2D eigenvalue weighted by atomic mass is 10.0. The van der Waals surface area contributed by atoms with Gasteiger partial charge in [-0.1, -0.05) is 41.4 Å². The molecule has 2 atom stereocenters. The molecule has 160 valence electrons. The number of pyridine rings is 1. The van der Waals surface area contributed by atoms with Crippen LogP contribution in [0.5, 0.6) is 0 Å². The molecule has 4 aromatic rings. The molecule has 0 radical (unpaired) electrons. The molecule has 0 unspecified atom stereocenters. The Morgan fingerprint density at radius 1 is 1.00 bits per heavy atom. The number of thiocarbonyl (C=S) groups is 1. The van der Waals surface area contributed by atoms with E-state index in [4.69, 9.17) is 28.2 Å². The molecule has 0 bridgehead atoms. The highest BCUT2D eigenvalue weighted by molar-refractivity contribution is 7.80. The summed E-state index contributed by atoms with van der Waals surface area (Å²) < 4.78 is 6.44. The number of nitrogens with zero attached hydrogens (tertiary/aromatic N) is 2. The van der Waals surface area contributed by atoms with Crippen LogP contribution < -0.4 is 10.2 Å². The van der Waals surface area contributed by atoms with E-state index in [9.17, 15) is 0 Å². The molecule has 1 aliphatic heterocycles. The molecule has 0 saturated carbocycles. The minimum atomic E-state index is -0.187. The molecule has 0 aliphatic carbocycles. The van der Waals surface area contributed by atoms with Gasteiger partial charge in [-0.25, -0.2) is 0 Å². The molecule has 1 saturated heterocycles. The first-order valence-electron chi connectivity index (χ1n) is 10.4. The van der Waals surface area contributed by atoms with Gasteiger partial charge < -0.3 is 14.6 Å². The van der Waals surface area contributed by atoms with E-state index in [1.54, 1.807) is 6.20 Å². The van der Waals surface area contributed by atoms with Crippen molar-refractivity contribution in [1.82, 2.24) is 10.3 Å². The second-order valence-corrected chi connectivity index (χ2v) is 8.82. The molecule has 2 aromatic carbocycles. The third kappa shape index (κ3) is 3.78. The molecule has 0 amide bonds. The van der Waals surface area contributed by atoms with Crippen LogP contribution in [0.2, 0.25) is 5.02 Å². The first-order chi connectivity index (χ1) is 15.5. The molecule has 0 spiro atoms. The predicted octanol–water partition coefficient (Wildman–Crippen LogP) is 6.79. The fourth-order valence-corrected chi connectivity index (χ4v) is 4.66. The van der Waals surface area contributed by atoms with E-state index >= 15 is 0 Å². The first kappa shape index (κ1) is 20.7. The summed E-state index contributed by atoms with van der Waals surface area (Å²) in [6, 6.07) is 23.8. The van der Waals surface area contributed by atoms with Crippen LogP contribution in [0.15, 0.2) is 83.4 Å². The topological polar surface area (TPSA) is 41.3 Å². The Labute approximate surface area is 197 Å². The molecular formula is C26H22ClN3OS. The summed E-state index contributed by atoms with van der Waals surface area (Å²) in [6.07, 6.45) is 1.80. The number of benzene rings is 2. The maximum atomic E-state index is 6.44. The molecular weight excluding hydrogens is 438 g/mol. The Morgan fingerprint density at radius 2 is 1.81 bits per heavy atom. The lowest BCUT2D eigenvalue weighted by Crippen LogP contribution is -2.29. The van der Waals surface area contributed by atoms with Crippen LogP contribution in [0.25, 0.3) is 11.3 Å². The number of hydrogen-bond acceptors (Lipinski definition) is 3. The van der Waals surface area contributed by atoms with Crippen molar-refractivity contribution in [3.63, 3.8) is 0 Å². The zero-order valence-corrected chi connectivity index (χ0v) is 19.3. The Hall–Kier alpha value is -3.15. The average Bonchev–Trinajstić information content (AvgIpc) is 3.41. The minimum Gasteiger partial charge on any atom is -0.459 e. The zero-order chi connectivity index (χ0) is 22.2. The molecule has 2 aromatic heterocycles. The predicted molar refractivity (Wildman–Crippen MR) is 133 cm³/mol. The van der Waals surface area contributed by atoms with E-state index in [0.29, 0.717) is 10.1 Å². The minimum absolute atomic E-state index is 0.149. The van der Waals surface area contributed by atoms with Gasteiger partial charge in [0.15, 0.2) is 5.11 Å². The number of nitrogens with one attached hydrogen (secondary N) is 1. The molecule has 1 N–H and O–H groups in total. The number of rotatable bonds is 4. The monoisotopic (exact) mass is 459 g/mol. The third-order valence-corrected chi connectivity index (χ3v) is 6.34. The van der Waals surface area contributed by atoms with Crippen LogP contribution in [0.3, 0.4) is 0 Å². The van der Waals surface area contributed by atoms with E-state index in [1.165, 1.54) is 5.56 Å². The van der Waals surface area contributed by atoms with Crippen molar-refractivity contribution >= 4 is 34.6 Å². The summed E-state index contributed by atoms with van der Waals surface area (Å²) in [5, 5.41) is 4.79. The molecule has 1 aliphatic rings. The average molecular weight is 460 g/mol. The number of aromatic nitrogens is 1. The van der Waals surface area contributed by atoms with Crippen molar-refractivity contribution in [2.45, 2.75) is 25.9 Å². The quantitative estimate of drug-likeness (QED) is 0.340. The maximum Gasteiger partial charge on any atom is 0.174 e. The van der Waals surface area contributed by atoms with Crippen LogP contribution in [0.4, 0.5) is 5.69 Å². The zero-order valence-electron chi connectivity index (χ0n) is 17.7. The molecule has 3 heterocycles. The van der Waals surface area contributed by atoms with Crippen molar-refractivity contribution < 1.29 is 4.42 Å². The highest BCUT2D eigenvalue weighted by Gasteiger charge is 2.42. The largest absolute Gasteiger partial charge is 0.459 e. The second-order valence-electron chi connectivity index (χ2n) is 7.99. The summed E-state index contributed by atoms with van der Waals surface area (Å²) in [7, 11) is 0. The SMILES string of the molecule is Cc1ccc(N2C(=S)N[C@@H](c3ccccn3)[C@@H]2c2ccc(-c3cc(Cl)ccc3C)o2)cc1. The third-order valence-electron chi connectivity index (χ3n) is 5.79. The molecule has 6 heteroatoms. The number of halogens is 1. The molecule has 1 fully saturated rings. The van der Waals surface area contributed by atoms with Crippen molar-refractivity contribution in [2.24, 2.45) is 0 Å². The van der Waals surface area contributed by atoms with Crippen LogP contribution >= 0.6 is 23.8 Å². The van der Waals surface area contributed by atoms with Gasteiger partial charge in [-0.3, -0.25) is 4.98 Å². The van der Waals surface area contributed by atoms with Gasteiger partial charge in [0.05, 0.1) is 11.7 Å².